The summed E-state index contributed by atoms with van der Waals surface area (Å²) in [5.41, 5.74) is 0. The molecule has 1 aliphatic carbocycles. The maximum Gasteiger partial charge on any atom is 0.472 e. The fourth-order valence-electron chi connectivity index (χ4n) is 7.13. The molecule has 1 aliphatic rings. The molecule has 1 fully saturated rings. The van der Waals surface area contributed by atoms with Crippen LogP contribution in [0.4, 0.5) is 0 Å². The summed E-state index contributed by atoms with van der Waals surface area (Å²) in [6.45, 7) is 3.06. The van der Waals surface area contributed by atoms with Gasteiger partial charge in [-0.15, -0.1) is 0 Å². The molecule has 0 spiro atoms. The Balaban J connectivity index is 2.61. The van der Waals surface area contributed by atoms with Crippen molar-refractivity contribution in [3.8, 4) is 0 Å². The van der Waals surface area contributed by atoms with Crippen LogP contribution in [0.5, 0.6) is 0 Å². The summed E-state index contributed by atoms with van der Waals surface area (Å²) >= 11 is 0. The highest BCUT2D eigenvalue weighted by atomic mass is 31.2. The van der Waals surface area contributed by atoms with Crippen molar-refractivity contribution in [2.75, 3.05) is 13.2 Å². The van der Waals surface area contributed by atoms with Gasteiger partial charge in [0.15, 0.2) is 6.10 Å². The van der Waals surface area contributed by atoms with Gasteiger partial charge in [0.2, 0.25) is 0 Å². The van der Waals surface area contributed by atoms with E-state index in [4.69, 9.17) is 18.5 Å². The third-order valence-corrected chi connectivity index (χ3v) is 12.4. The molecule has 0 saturated heterocycles. The number of carbonyl (C=O) groups is 2. The molecule has 16 nitrogen and oxygen atoms in total. The Labute approximate surface area is 388 Å². The molecule has 1 saturated carbocycles. The van der Waals surface area contributed by atoms with Gasteiger partial charge in [0.1, 0.15) is 43.2 Å². The van der Waals surface area contributed by atoms with E-state index in [9.17, 15) is 53.8 Å². The Kier molecular flexibility index (Phi) is 35.5. The zero-order valence-corrected chi connectivity index (χ0v) is 40.9. The van der Waals surface area contributed by atoms with Gasteiger partial charge in [0, 0.05) is 12.8 Å². The summed E-state index contributed by atoms with van der Waals surface area (Å²) in [6, 6.07) is 0. The van der Waals surface area contributed by atoms with Crippen molar-refractivity contribution in [1.29, 1.82) is 0 Å². The summed E-state index contributed by atoms with van der Waals surface area (Å²) in [7, 11) is -10.7. The van der Waals surface area contributed by atoms with Crippen LogP contribution >= 0.6 is 15.6 Å². The first-order valence-corrected chi connectivity index (χ1v) is 27.2. The summed E-state index contributed by atoms with van der Waals surface area (Å²) in [5, 5.41) is 41.2. The van der Waals surface area contributed by atoms with Gasteiger partial charge in [0.25, 0.3) is 0 Å². The fourth-order valence-corrected chi connectivity index (χ4v) is 8.67. The molecule has 0 aromatic heterocycles. The molecule has 5 unspecified atom stereocenters. The number of phosphoric acid groups is 2. The molecular weight excluding hydrogens is 882 g/mol. The van der Waals surface area contributed by atoms with Crippen LogP contribution in [0.25, 0.3) is 0 Å². The lowest BCUT2D eigenvalue weighted by atomic mass is 9.85. The first-order valence-electron chi connectivity index (χ1n) is 24.2. The minimum atomic E-state index is -5.37. The maximum atomic E-state index is 13.0. The average molecular weight is 967 g/mol. The molecule has 65 heavy (non-hydrogen) atoms. The van der Waals surface area contributed by atoms with Gasteiger partial charge >= 0.3 is 27.6 Å². The van der Waals surface area contributed by atoms with Crippen LogP contribution in [0.3, 0.4) is 0 Å². The number of aliphatic hydroxyl groups excluding tert-OH is 4. The molecule has 0 amide bonds. The first-order chi connectivity index (χ1) is 31.1. The Hall–Kier alpha value is -2.04. The van der Waals surface area contributed by atoms with Crippen molar-refractivity contribution >= 4 is 27.6 Å². The molecule has 18 heteroatoms. The SMILES string of the molecule is CCCCC/C=C\C/C=C\C/C=C\C/C=C\CCCCCC(=O)O[C@H](COC(=O)CCCCCCCCCCCCCCC)COP(=O)(O)O[C@H]1C(O)C(O)C(O)[C@@H](OP(=O)(O)O)C1O. The number of allylic oxidation sites excluding steroid dienone is 8. The zero-order chi connectivity index (χ0) is 48.2. The van der Waals surface area contributed by atoms with Crippen molar-refractivity contribution in [2.45, 2.75) is 224 Å². The van der Waals surface area contributed by atoms with Crippen molar-refractivity contribution in [3.63, 3.8) is 0 Å². The fraction of sp³-hybridized carbons (Fsp3) is 0.787. The van der Waals surface area contributed by atoms with Crippen LogP contribution in [0.15, 0.2) is 48.6 Å². The molecule has 378 valence electrons. The normalized spacial score (nSPS) is 22.0. The molecule has 0 bridgehead atoms. The molecule has 7 N–H and O–H groups in total. The van der Waals surface area contributed by atoms with Gasteiger partial charge in [-0.25, -0.2) is 9.13 Å². The van der Waals surface area contributed by atoms with E-state index in [2.05, 4.69) is 67.0 Å². The van der Waals surface area contributed by atoms with E-state index in [1.54, 1.807) is 0 Å². The van der Waals surface area contributed by atoms with Crippen LogP contribution in [0.2, 0.25) is 0 Å². The minimum Gasteiger partial charge on any atom is -0.462 e. The van der Waals surface area contributed by atoms with Crippen LogP contribution in [0.1, 0.15) is 181 Å². The maximum absolute atomic E-state index is 13.0. The first kappa shape index (κ1) is 61.0. The summed E-state index contributed by atoms with van der Waals surface area (Å²) < 4.78 is 49.4. The topological polar surface area (TPSA) is 256 Å². The molecule has 0 aromatic carbocycles. The van der Waals surface area contributed by atoms with Crippen LogP contribution in [-0.2, 0) is 41.8 Å². The molecule has 8 atom stereocenters. The number of aliphatic hydroxyl groups is 4. The third-order valence-electron chi connectivity index (χ3n) is 10.9. The summed E-state index contributed by atoms with van der Waals surface area (Å²) in [5.74, 6) is -1.24. The second kappa shape index (κ2) is 37.9. The molecule has 0 heterocycles. The van der Waals surface area contributed by atoms with Crippen LogP contribution in [-0.4, -0.2) is 103 Å². The highest BCUT2D eigenvalue weighted by molar-refractivity contribution is 7.47. The van der Waals surface area contributed by atoms with E-state index in [1.807, 2.05) is 0 Å². The third kappa shape index (κ3) is 32.4. The van der Waals surface area contributed by atoms with Crippen LogP contribution < -0.4 is 0 Å². The average Bonchev–Trinajstić information content (AvgIpc) is 3.26. The largest absolute Gasteiger partial charge is 0.472 e. The van der Waals surface area contributed by atoms with Gasteiger partial charge in [-0.2, -0.15) is 0 Å². The monoisotopic (exact) mass is 967 g/mol. The Bertz CT molecular complexity index is 1450. The predicted molar refractivity (Wildman–Crippen MR) is 250 cm³/mol. The van der Waals surface area contributed by atoms with Gasteiger partial charge in [0.05, 0.1) is 6.61 Å². The van der Waals surface area contributed by atoms with E-state index in [1.165, 1.54) is 70.6 Å². The van der Waals surface area contributed by atoms with Crippen molar-refractivity contribution in [2.24, 2.45) is 0 Å². The van der Waals surface area contributed by atoms with E-state index in [-0.39, 0.29) is 12.8 Å². The van der Waals surface area contributed by atoms with Gasteiger partial charge in [-0.3, -0.25) is 23.2 Å². The Morgan fingerprint density at radius 1 is 0.492 bits per heavy atom. The van der Waals surface area contributed by atoms with Crippen LogP contribution in [0, 0.1) is 0 Å². The number of rotatable bonds is 40. The molecule has 0 aromatic rings. The van der Waals surface area contributed by atoms with E-state index < -0.39 is 83.5 Å². The molecule has 0 aliphatic heterocycles. The highest BCUT2D eigenvalue weighted by Gasteiger charge is 2.54. The molecular formula is C47H84O16P2. The van der Waals surface area contributed by atoms with Gasteiger partial charge in [-0.1, -0.05) is 159 Å². The summed E-state index contributed by atoms with van der Waals surface area (Å²) in [6.07, 6.45) is 27.8. The number of hydrogen-bond donors (Lipinski definition) is 7. The van der Waals surface area contributed by atoms with E-state index in [0.29, 0.717) is 12.8 Å². The van der Waals surface area contributed by atoms with Crippen molar-refractivity contribution in [3.05, 3.63) is 48.6 Å². The number of ether oxygens (including phenoxy) is 2. The lowest BCUT2D eigenvalue weighted by Crippen LogP contribution is -2.64. The standard InChI is InChI=1S/C47H84O16P2/c1-3-5-7-9-11-13-15-17-18-19-20-21-22-24-26-28-30-32-34-36-41(49)61-39(37-59-40(48)35-33-31-29-27-25-23-16-14-12-10-8-6-4-2)38-60-65(57,58)63-47-44(52)42(50)43(51)46(45(47)53)62-64(54,55)56/h11,13,17-18,20-21,24,26,39,42-47,50-53H,3-10,12,14-16,19,22-23,25,27-38H2,1-2H3,(H,57,58)(H2,54,55,56)/b13-11-,18-17-,21-20-,26-24-/t39-,42?,43?,44?,45?,46-,47+/m1/s1. The number of carbonyl (C=O) groups excluding carboxylic acids is 2. The smallest absolute Gasteiger partial charge is 0.462 e. The second-order valence-corrected chi connectivity index (χ2v) is 19.4. The summed E-state index contributed by atoms with van der Waals surface area (Å²) in [4.78, 5) is 54.3. The lowest BCUT2D eigenvalue weighted by molar-refractivity contribution is -0.216. The predicted octanol–water partition coefficient (Wildman–Crippen LogP) is 9.29. The van der Waals surface area contributed by atoms with Crippen molar-refractivity contribution in [1.82, 2.24) is 0 Å². The number of hydrogen-bond acceptors (Lipinski definition) is 13. The highest BCUT2D eigenvalue weighted by Crippen LogP contribution is 2.49. The zero-order valence-electron chi connectivity index (χ0n) is 39.2. The number of phosphoric ester groups is 2. The minimum absolute atomic E-state index is 0.00689. The Morgan fingerprint density at radius 2 is 0.892 bits per heavy atom. The Morgan fingerprint density at radius 3 is 1.38 bits per heavy atom. The van der Waals surface area contributed by atoms with E-state index >= 15 is 0 Å². The molecule has 0 radical (unpaired) electrons. The van der Waals surface area contributed by atoms with Crippen molar-refractivity contribution < 1.29 is 76.9 Å². The molecule has 1 rings (SSSR count). The van der Waals surface area contributed by atoms with E-state index in [0.717, 1.165) is 70.6 Å². The number of esters is 2. The number of unbranched alkanes of at least 4 members (excludes halogenated alkanes) is 18. The quantitative estimate of drug-likeness (QED) is 0.0131. The lowest BCUT2D eigenvalue weighted by Gasteiger charge is -2.43. The second-order valence-electron chi connectivity index (χ2n) is 16.8. The van der Waals surface area contributed by atoms with Gasteiger partial charge < -0.3 is 44.6 Å². The van der Waals surface area contributed by atoms with Gasteiger partial charge in [-0.05, 0) is 57.8 Å².